The summed E-state index contributed by atoms with van der Waals surface area (Å²) >= 11 is 0. The Kier molecular flexibility index (Phi) is 7.14. The predicted molar refractivity (Wildman–Crippen MR) is 87.5 cm³/mol. The first kappa shape index (κ1) is 18.4. The van der Waals surface area contributed by atoms with Crippen LogP contribution >= 0.6 is 0 Å². The third-order valence-electron chi connectivity index (χ3n) is 5.08. The minimum Gasteiger partial charge on any atom is -0.480 e. The Labute approximate surface area is 130 Å². The molecule has 1 rings (SSSR count). The average Bonchev–Trinajstić information content (AvgIpc) is 2.45. The molecule has 0 aromatic rings. The van der Waals surface area contributed by atoms with E-state index in [0.717, 1.165) is 37.9 Å². The van der Waals surface area contributed by atoms with E-state index in [1.807, 2.05) is 6.92 Å². The fourth-order valence-corrected chi connectivity index (χ4v) is 3.38. The Bertz CT molecular complexity index is 325. The van der Waals surface area contributed by atoms with Crippen LogP contribution in [-0.2, 0) is 4.79 Å². The Balaban J connectivity index is 2.54. The SMILES string of the molecule is CCCNC(C)(CC(C)N1CCC(C(C)C)CC1)C(=O)O. The molecule has 2 unspecified atom stereocenters. The minimum atomic E-state index is -0.815. The van der Waals surface area contributed by atoms with Gasteiger partial charge in [-0.1, -0.05) is 20.8 Å². The van der Waals surface area contributed by atoms with Crippen LogP contribution in [0.15, 0.2) is 0 Å². The maximum atomic E-state index is 11.6. The van der Waals surface area contributed by atoms with Crippen LogP contribution in [0.5, 0.6) is 0 Å². The van der Waals surface area contributed by atoms with Gasteiger partial charge in [-0.15, -0.1) is 0 Å². The topological polar surface area (TPSA) is 52.6 Å². The lowest BCUT2D eigenvalue weighted by Gasteiger charge is -2.40. The number of rotatable bonds is 8. The molecule has 21 heavy (non-hydrogen) atoms. The zero-order valence-corrected chi connectivity index (χ0v) is 14.5. The molecular weight excluding hydrogens is 264 g/mol. The summed E-state index contributed by atoms with van der Waals surface area (Å²) in [6, 6.07) is 0.309. The van der Waals surface area contributed by atoms with Crippen molar-refractivity contribution in [2.45, 2.75) is 71.9 Å². The molecule has 2 N–H and O–H groups in total. The molecule has 1 fully saturated rings. The van der Waals surface area contributed by atoms with Crippen molar-refractivity contribution < 1.29 is 9.90 Å². The molecule has 1 aliphatic rings. The molecule has 4 heteroatoms. The van der Waals surface area contributed by atoms with E-state index in [9.17, 15) is 9.90 Å². The van der Waals surface area contributed by atoms with Crippen molar-refractivity contribution >= 4 is 5.97 Å². The monoisotopic (exact) mass is 298 g/mol. The van der Waals surface area contributed by atoms with Gasteiger partial charge in [0.05, 0.1) is 0 Å². The summed E-state index contributed by atoms with van der Waals surface area (Å²) in [6.45, 7) is 13.6. The van der Waals surface area contributed by atoms with Gasteiger partial charge >= 0.3 is 5.97 Å². The number of piperidine rings is 1. The van der Waals surface area contributed by atoms with Crippen molar-refractivity contribution in [2.75, 3.05) is 19.6 Å². The second-order valence-corrected chi connectivity index (χ2v) is 7.23. The minimum absolute atomic E-state index is 0.309. The van der Waals surface area contributed by atoms with Crippen molar-refractivity contribution in [3.8, 4) is 0 Å². The lowest BCUT2D eigenvalue weighted by atomic mass is 9.85. The van der Waals surface area contributed by atoms with Gasteiger partial charge < -0.3 is 15.3 Å². The summed E-state index contributed by atoms with van der Waals surface area (Å²) in [5.41, 5.74) is -0.815. The first-order valence-electron chi connectivity index (χ1n) is 8.52. The number of hydrogen-bond acceptors (Lipinski definition) is 3. The lowest BCUT2D eigenvalue weighted by Crippen LogP contribution is -2.54. The number of aliphatic carboxylic acids is 1. The highest BCUT2D eigenvalue weighted by molar-refractivity contribution is 5.78. The predicted octanol–water partition coefficient (Wildman–Crippen LogP) is 2.98. The molecule has 2 atom stereocenters. The van der Waals surface area contributed by atoms with Crippen LogP contribution in [0.1, 0.15) is 60.3 Å². The highest BCUT2D eigenvalue weighted by atomic mass is 16.4. The summed E-state index contributed by atoms with van der Waals surface area (Å²) in [6.07, 6.45) is 4.11. The fourth-order valence-electron chi connectivity index (χ4n) is 3.38. The molecule has 0 aromatic carbocycles. The van der Waals surface area contributed by atoms with Gasteiger partial charge in [0.25, 0.3) is 0 Å². The Morgan fingerprint density at radius 2 is 1.90 bits per heavy atom. The lowest BCUT2D eigenvalue weighted by molar-refractivity contribution is -0.145. The zero-order valence-electron chi connectivity index (χ0n) is 14.5. The maximum Gasteiger partial charge on any atom is 0.323 e. The number of carbonyl (C=O) groups is 1. The van der Waals surface area contributed by atoms with E-state index in [-0.39, 0.29) is 0 Å². The van der Waals surface area contributed by atoms with Crippen molar-refractivity contribution in [1.82, 2.24) is 10.2 Å². The van der Waals surface area contributed by atoms with Crippen LogP contribution in [-0.4, -0.2) is 47.2 Å². The molecule has 0 radical (unpaired) electrons. The van der Waals surface area contributed by atoms with Crippen LogP contribution in [0.2, 0.25) is 0 Å². The first-order chi connectivity index (χ1) is 9.80. The molecular formula is C17H34N2O2. The quantitative estimate of drug-likeness (QED) is 0.723. The Hall–Kier alpha value is -0.610. The zero-order chi connectivity index (χ0) is 16.0. The van der Waals surface area contributed by atoms with E-state index >= 15 is 0 Å². The molecule has 0 aromatic heterocycles. The van der Waals surface area contributed by atoms with Crippen LogP contribution in [0.3, 0.4) is 0 Å². The summed E-state index contributed by atoms with van der Waals surface area (Å²) < 4.78 is 0. The van der Waals surface area contributed by atoms with Gasteiger partial charge in [0, 0.05) is 6.04 Å². The van der Waals surface area contributed by atoms with E-state index in [4.69, 9.17) is 0 Å². The van der Waals surface area contributed by atoms with E-state index in [2.05, 4.69) is 37.9 Å². The Morgan fingerprint density at radius 3 is 2.33 bits per heavy atom. The van der Waals surface area contributed by atoms with Gasteiger partial charge in [0.1, 0.15) is 5.54 Å². The third kappa shape index (κ3) is 5.26. The second-order valence-electron chi connectivity index (χ2n) is 7.23. The second kappa shape index (κ2) is 8.14. The molecule has 0 aliphatic carbocycles. The molecule has 1 saturated heterocycles. The number of likely N-dealkylation sites (tertiary alicyclic amines) is 1. The van der Waals surface area contributed by atoms with Crippen LogP contribution < -0.4 is 5.32 Å². The van der Waals surface area contributed by atoms with Gasteiger partial charge in [-0.25, -0.2) is 0 Å². The normalized spacial score (nSPS) is 22.2. The van der Waals surface area contributed by atoms with Gasteiger partial charge in [0.2, 0.25) is 0 Å². The van der Waals surface area contributed by atoms with Gasteiger partial charge in [-0.3, -0.25) is 4.79 Å². The molecule has 0 saturated carbocycles. The van der Waals surface area contributed by atoms with Gasteiger partial charge in [0.15, 0.2) is 0 Å². The van der Waals surface area contributed by atoms with E-state index in [1.165, 1.54) is 12.8 Å². The van der Waals surface area contributed by atoms with E-state index < -0.39 is 11.5 Å². The van der Waals surface area contributed by atoms with Gasteiger partial charge in [-0.2, -0.15) is 0 Å². The van der Waals surface area contributed by atoms with E-state index in [0.29, 0.717) is 12.5 Å². The molecule has 0 spiro atoms. The fraction of sp³-hybridized carbons (Fsp3) is 0.941. The summed E-state index contributed by atoms with van der Waals surface area (Å²) in [5, 5.41) is 12.8. The van der Waals surface area contributed by atoms with Crippen molar-refractivity contribution in [2.24, 2.45) is 11.8 Å². The van der Waals surface area contributed by atoms with Crippen molar-refractivity contribution in [3.05, 3.63) is 0 Å². The smallest absolute Gasteiger partial charge is 0.323 e. The van der Waals surface area contributed by atoms with Crippen molar-refractivity contribution in [3.63, 3.8) is 0 Å². The highest BCUT2D eigenvalue weighted by Gasteiger charge is 2.36. The summed E-state index contributed by atoms with van der Waals surface area (Å²) in [7, 11) is 0. The highest BCUT2D eigenvalue weighted by Crippen LogP contribution is 2.27. The van der Waals surface area contributed by atoms with Crippen LogP contribution in [0, 0.1) is 11.8 Å². The molecule has 4 nitrogen and oxygen atoms in total. The first-order valence-corrected chi connectivity index (χ1v) is 8.52. The summed E-state index contributed by atoms with van der Waals surface area (Å²) in [4.78, 5) is 14.1. The molecule has 0 bridgehead atoms. The number of nitrogens with one attached hydrogen (secondary N) is 1. The maximum absolute atomic E-state index is 11.6. The number of nitrogens with zero attached hydrogens (tertiary/aromatic N) is 1. The molecule has 1 heterocycles. The number of carboxylic acids is 1. The summed E-state index contributed by atoms with van der Waals surface area (Å²) in [5.74, 6) is 0.857. The number of carboxylic acid groups (broad SMARTS) is 1. The molecule has 1 aliphatic heterocycles. The van der Waals surface area contributed by atoms with Crippen LogP contribution in [0.4, 0.5) is 0 Å². The van der Waals surface area contributed by atoms with Crippen LogP contribution in [0.25, 0.3) is 0 Å². The largest absolute Gasteiger partial charge is 0.480 e. The standard InChI is InChI=1S/C17H34N2O2/c1-6-9-18-17(5,16(20)21)12-14(4)19-10-7-15(8-11-19)13(2)3/h13-15,18H,6-12H2,1-5H3,(H,20,21). The Morgan fingerprint density at radius 1 is 1.33 bits per heavy atom. The van der Waals surface area contributed by atoms with Gasteiger partial charge in [-0.05, 0) is 71.0 Å². The average molecular weight is 298 g/mol. The van der Waals surface area contributed by atoms with E-state index in [1.54, 1.807) is 0 Å². The molecule has 124 valence electrons. The van der Waals surface area contributed by atoms with Crippen molar-refractivity contribution in [1.29, 1.82) is 0 Å². The third-order valence-corrected chi connectivity index (χ3v) is 5.08. The molecule has 0 amide bonds. The number of hydrogen-bond donors (Lipinski definition) is 2.